The number of halogens is 1. The summed E-state index contributed by atoms with van der Waals surface area (Å²) >= 11 is 0. The molecule has 1 rings (SSSR count). The number of amides is 1. The minimum atomic E-state index is -1.72. The second-order valence-electron chi connectivity index (χ2n) is 3.41. The van der Waals surface area contributed by atoms with Gasteiger partial charge < -0.3 is 4.90 Å². The van der Waals surface area contributed by atoms with Crippen LogP contribution in [0.1, 0.15) is 13.8 Å². The zero-order valence-electron chi connectivity index (χ0n) is 7.88. The number of carbonyl (C=O) groups excluding carboxylic acids is 1. The van der Waals surface area contributed by atoms with Crippen LogP contribution in [0.25, 0.3) is 0 Å². The zero-order chi connectivity index (χ0) is 9.90. The Morgan fingerprint density at radius 1 is 1.31 bits per heavy atom. The summed E-state index contributed by atoms with van der Waals surface area (Å²) in [7, 11) is 3.50. The van der Waals surface area contributed by atoms with Gasteiger partial charge in [-0.2, -0.15) is 0 Å². The molecule has 0 aromatic heterocycles. The maximum atomic E-state index is 13.3. The van der Waals surface area contributed by atoms with E-state index < -0.39 is 5.67 Å². The summed E-state index contributed by atoms with van der Waals surface area (Å²) in [6.45, 7) is 3.98. The fourth-order valence-corrected chi connectivity index (χ4v) is 3.08. The Morgan fingerprint density at radius 3 is 2.15 bits per heavy atom. The molecule has 0 N–H and O–H groups in total. The van der Waals surface area contributed by atoms with Gasteiger partial charge in [0, 0.05) is 24.6 Å². The number of nitrogens with zero attached hydrogens (tertiary/aromatic N) is 1. The van der Waals surface area contributed by atoms with Gasteiger partial charge in [0.2, 0.25) is 0 Å². The standard InChI is InChI=1S/C8H14FNOS2/c1-8(2,9)7(11)10-3-5-12-13-6-4-10/h3-6H2,1-2H3. The van der Waals surface area contributed by atoms with Crippen molar-refractivity contribution in [1.29, 1.82) is 0 Å². The second-order valence-corrected chi connectivity index (χ2v) is 6.11. The summed E-state index contributed by atoms with van der Waals surface area (Å²) in [4.78, 5) is 13.1. The predicted molar refractivity (Wildman–Crippen MR) is 56.7 cm³/mol. The molecule has 13 heavy (non-hydrogen) atoms. The van der Waals surface area contributed by atoms with Gasteiger partial charge in [-0.3, -0.25) is 4.79 Å². The smallest absolute Gasteiger partial charge is 0.259 e. The first-order valence-electron chi connectivity index (χ1n) is 4.24. The molecule has 0 aliphatic carbocycles. The highest BCUT2D eigenvalue weighted by atomic mass is 33.1. The van der Waals surface area contributed by atoms with Crippen LogP contribution < -0.4 is 0 Å². The van der Waals surface area contributed by atoms with Crippen molar-refractivity contribution in [3.8, 4) is 0 Å². The average molecular weight is 223 g/mol. The highest BCUT2D eigenvalue weighted by Crippen LogP contribution is 2.25. The first-order chi connectivity index (χ1) is 6.02. The molecule has 0 aromatic carbocycles. The van der Waals surface area contributed by atoms with Gasteiger partial charge in [0.15, 0.2) is 5.67 Å². The van der Waals surface area contributed by atoms with E-state index in [4.69, 9.17) is 0 Å². The van der Waals surface area contributed by atoms with Crippen molar-refractivity contribution in [3.05, 3.63) is 0 Å². The lowest BCUT2D eigenvalue weighted by molar-refractivity contribution is -0.141. The lowest BCUT2D eigenvalue weighted by atomic mass is 10.1. The Bertz CT molecular complexity index is 185. The first-order valence-corrected chi connectivity index (χ1v) is 6.73. The molecule has 0 bridgehead atoms. The molecule has 0 aromatic rings. The van der Waals surface area contributed by atoms with E-state index in [0.717, 1.165) is 11.5 Å². The van der Waals surface area contributed by atoms with Crippen LogP contribution in [-0.4, -0.2) is 41.1 Å². The van der Waals surface area contributed by atoms with E-state index in [2.05, 4.69) is 0 Å². The van der Waals surface area contributed by atoms with Crippen LogP contribution in [-0.2, 0) is 4.79 Å². The number of hydrogen-bond acceptors (Lipinski definition) is 3. The molecule has 1 saturated heterocycles. The Balaban J connectivity index is 2.54. The van der Waals surface area contributed by atoms with Crippen LogP contribution in [0.4, 0.5) is 4.39 Å². The number of carbonyl (C=O) groups is 1. The van der Waals surface area contributed by atoms with E-state index in [-0.39, 0.29) is 5.91 Å². The van der Waals surface area contributed by atoms with Gasteiger partial charge in [0.1, 0.15) is 0 Å². The fourth-order valence-electron chi connectivity index (χ4n) is 1.10. The van der Waals surface area contributed by atoms with Gasteiger partial charge in [-0.1, -0.05) is 21.6 Å². The lowest BCUT2D eigenvalue weighted by Crippen LogP contribution is -2.44. The van der Waals surface area contributed by atoms with Gasteiger partial charge in [0.05, 0.1) is 0 Å². The minimum Gasteiger partial charge on any atom is -0.338 e. The van der Waals surface area contributed by atoms with Crippen molar-refractivity contribution in [2.75, 3.05) is 24.6 Å². The van der Waals surface area contributed by atoms with Crippen molar-refractivity contribution in [2.24, 2.45) is 0 Å². The summed E-state index contributed by atoms with van der Waals surface area (Å²) in [6.07, 6.45) is 0. The molecule has 0 radical (unpaired) electrons. The molecule has 76 valence electrons. The summed E-state index contributed by atoms with van der Waals surface area (Å²) in [6, 6.07) is 0. The molecule has 0 atom stereocenters. The lowest BCUT2D eigenvalue weighted by Gasteiger charge is -2.25. The summed E-state index contributed by atoms with van der Waals surface area (Å²) in [5.74, 6) is 1.41. The molecule has 0 saturated carbocycles. The monoisotopic (exact) mass is 223 g/mol. The Morgan fingerprint density at radius 2 is 1.77 bits per heavy atom. The molecule has 5 heteroatoms. The molecule has 2 nitrogen and oxygen atoms in total. The molecule has 0 unspecified atom stereocenters. The van der Waals surface area contributed by atoms with Gasteiger partial charge in [-0.05, 0) is 13.8 Å². The van der Waals surface area contributed by atoms with Crippen LogP contribution >= 0.6 is 21.6 Å². The van der Waals surface area contributed by atoms with E-state index in [9.17, 15) is 9.18 Å². The molecule has 1 aliphatic heterocycles. The van der Waals surface area contributed by atoms with E-state index in [1.54, 1.807) is 26.5 Å². The van der Waals surface area contributed by atoms with E-state index in [1.807, 2.05) is 0 Å². The highest BCUT2D eigenvalue weighted by Gasteiger charge is 2.31. The predicted octanol–water partition coefficient (Wildman–Crippen LogP) is 1.96. The van der Waals surface area contributed by atoms with Crippen LogP contribution in [0.5, 0.6) is 0 Å². The summed E-state index contributed by atoms with van der Waals surface area (Å²) in [5, 5.41) is 0. The van der Waals surface area contributed by atoms with Gasteiger partial charge in [0.25, 0.3) is 5.91 Å². The highest BCUT2D eigenvalue weighted by molar-refractivity contribution is 8.76. The van der Waals surface area contributed by atoms with Gasteiger partial charge in [-0.25, -0.2) is 4.39 Å². The molecule has 1 fully saturated rings. The molecule has 1 heterocycles. The number of hydrogen-bond donors (Lipinski definition) is 0. The first kappa shape index (κ1) is 11.2. The SMILES string of the molecule is CC(C)(F)C(=O)N1CCSSCC1. The van der Waals surface area contributed by atoms with Crippen LogP contribution in [0.15, 0.2) is 0 Å². The Hall–Kier alpha value is 0.1000. The van der Waals surface area contributed by atoms with Gasteiger partial charge >= 0.3 is 0 Å². The Kier molecular flexibility index (Phi) is 3.91. The summed E-state index contributed by atoms with van der Waals surface area (Å²) in [5.41, 5.74) is -1.72. The number of alkyl halides is 1. The van der Waals surface area contributed by atoms with Crippen LogP contribution in [0, 0.1) is 0 Å². The van der Waals surface area contributed by atoms with Crippen molar-refractivity contribution in [1.82, 2.24) is 4.90 Å². The van der Waals surface area contributed by atoms with Gasteiger partial charge in [-0.15, -0.1) is 0 Å². The fraction of sp³-hybridized carbons (Fsp3) is 0.875. The van der Waals surface area contributed by atoms with Crippen molar-refractivity contribution in [2.45, 2.75) is 19.5 Å². The van der Waals surface area contributed by atoms with Crippen molar-refractivity contribution < 1.29 is 9.18 Å². The minimum absolute atomic E-state index is 0.379. The third-order valence-corrected chi connectivity index (χ3v) is 4.13. The van der Waals surface area contributed by atoms with Crippen molar-refractivity contribution >= 4 is 27.5 Å². The topological polar surface area (TPSA) is 20.3 Å². The molecule has 0 spiro atoms. The molecule has 1 aliphatic rings. The normalized spacial score (nSPS) is 19.8. The largest absolute Gasteiger partial charge is 0.338 e. The maximum Gasteiger partial charge on any atom is 0.259 e. The van der Waals surface area contributed by atoms with E-state index in [0.29, 0.717) is 13.1 Å². The maximum absolute atomic E-state index is 13.3. The molecular formula is C8H14FNOS2. The quantitative estimate of drug-likeness (QED) is 0.634. The van der Waals surface area contributed by atoms with Crippen LogP contribution in [0.2, 0.25) is 0 Å². The van der Waals surface area contributed by atoms with Crippen molar-refractivity contribution in [3.63, 3.8) is 0 Å². The third-order valence-electron chi connectivity index (χ3n) is 1.77. The molecule has 1 amide bonds. The number of rotatable bonds is 1. The zero-order valence-corrected chi connectivity index (χ0v) is 9.51. The average Bonchev–Trinajstić information content (AvgIpc) is 2.28. The Labute approximate surface area is 86.0 Å². The van der Waals surface area contributed by atoms with Crippen LogP contribution in [0.3, 0.4) is 0 Å². The second kappa shape index (κ2) is 4.55. The van der Waals surface area contributed by atoms with E-state index in [1.165, 1.54) is 13.8 Å². The summed E-state index contributed by atoms with van der Waals surface area (Å²) < 4.78 is 13.3. The van der Waals surface area contributed by atoms with E-state index >= 15 is 0 Å². The third kappa shape index (κ3) is 3.38. The molecular weight excluding hydrogens is 209 g/mol.